The Morgan fingerprint density at radius 3 is 2.48 bits per heavy atom. The number of pyridine rings is 1. The molecule has 0 saturated heterocycles. The van der Waals surface area contributed by atoms with Gasteiger partial charge in [-0.3, -0.25) is 4.79 Å². The fourth-order valence-electron chi connectivity index (χ4n) is 3.84. The minimum atomic E-state index is -0.258. The van der Waals surface area contributed by atoms with Gasteiger partial charge in [0.1, 0.15) is 5.82 Å². The zero-order valence-electron chi connectivity index (χ0n) is 17.8. The Morgan fingerprint density at radius 1 is 1.06 bits per heavy atom. The summed E-state index contributed by atoms with van der Waals surface area (Å²) in [5.74, 6) is 0.161. The second-order valence-electron chi connectivity index (χ2n) is 7.52. The predicted octanol–water partition coefficient (Wildman–Crippen LogP) is 4.97. The van der Waals surface area contributed by atoms with Gasteiger partial charge in [-0.25, -0.2) is 9.37 Å². The SMILES string of the molecule is COc1ccc(-c2ccc(C(=O)NCCc3c(C)[nH]c4c(F)ccc(C)c34)cc2)cn1. The maximum absolute atomic E-state index is 14.1. The highest BCUT2D eigenvalue weighted by molar-refractivity contribution is 5.94. The summed E-state index contributed by atoms with van der Waals surface area (Å²) < 4.78 is 19.2. The number of carbonyl (C=O) groups excluding carboxylic acids is 1. The Morgan fingerprint density at radius 2 is 1.81 bits per heavy atom. The molecule has 2 aromatic heterocycles. The van der Waals surface area contributed by atoms with Crippen molar-refractivity contribution in [2.24, 2.45) is 0 Å². The fraction of sp³-hybridized carbons (Fsp3) is 0.200. The standard InChI is InChI=1S/C25H24FN3O2/c1-15-4-10-21(26)24-23(15)20(16(2)29-24)12-13-27-25(30)18-7-5-17(6-8-18)19-9-11-22(31-3)28-14-19/h4-11,14,29H,12-13H2,1-3H3,(H,27,30). The summed E-state index contributed by atoms with van der Waals surface area (Å²) in [6.07, 6.45) is 2.36. The van der Waals surface area contributed by atoms with Gasteiger partial charge in [-0.2, -0.15) is 0 Å². The van der Waals surface area contributed by atoms with Gasteiger partial charge in [-0.15, -0.1) is 0 Å². The molecule has 2 aromatic carbocycles. The molecule has 6 heteroatoms. The largest absolute Gasteiger partial charge is 0.481 e. The van der Waals surface area contributed by atoms with Gasteiger partial charge >= 0.3 is 0 Å². The lowest BCUT2D eigenvalue weighted by atomic mass is 10.0. The van der Waals surface area contributed by atoms with Crippen LogP contribution in [-0.2, 0) is 6.42 Å². The summed E-state index contributed by atoms with van der Waals surface area (Å²) in [6.45, 7) is 4.37. The third-order valence-electron chi connectivity index (χ3n) is 5.52. The van der Waals surface area contributed by atoms with Crippen molar-refractivity contribution in [1.29, 1.82) is 0 Å². The van der Waals surface area contributed by atoms with Crippen molar-refractivity contribution in [3.63, 3.8) is 0 Å². The number of nitrogens with one attached hydrogen (secondary N) is 2. The van der Waals surface area contributed by atoms with Crippen LogP contribution in [0.15, 0.2) is 54.7 Å². The van der Waals surface area contributed by atoms with Crippen molar-refractivity contribution in [2.75, 3.05) is 13.7 Å². The number of aromatic amines is 1. The second-order valence-corrected chi connectivity index (χ2v) is 7.52. The molecule has 2 N–H and O–H groups in total. The highest BCUT2D eigenvalue weighted by Gasteiger charge is 2.14. The molecule has 0 bridgehead atoms. The van der Waals surface area contributed by atoms with Gasteiger partial charge in [0, 0.05) is 41.0 Å². The van der Waals surface area contributed by atoms with E-state index in [0.717, 1.165) is 33.3 Å². The third-order valence-corrected chi connectivity index (χ3v) is 5.52. The van der Waals surface area contributed by atoms with Gasteiger partial charge in [0.25, 0.3) is 5.91 Å². The Balaban J connectivity index is 1.42. The molecule has 1 amide bonds. The molecule has 0 aliphatic rings. The number of methoxy groups -OCH3 is 1. The van der Waals surface area contributed by atoms with Gasteiger partial charge in [0.2, 0.25) is 5.88 Å². The monoisotopic (exact) mass is 417 g/mol. The van der Waals surface area contributed by atoms with Crippen molar-refractivity contribution in [3.8, 4) is 17.0 Å². The van der Waals surface area contributed by atoms with E-state index in [4.69, 9.17) is 4.74 Å². The number of rotatable bonds is 6. The molecule has 0 radical (unpaired) electrons. The Labute approximate surface area is 180 Å². The zero-order valence-corrected chi connectivity index (χ0v) is 17.8. The number of benzene rings is 2. The predicted molar refractivity (Wildman–Crippen MR) is 120 cm³/mol. The molecule has 158 valence electrons. The summed E-state index contributed by atoms with van der Waals surface area (Å²) >= 11 is 0. The number of nitrogens with zero attached hydrogens (tertiary/aromatic N) is 1. The molecule has 31 heavy (non-hydrogen) atoms. The maximum Gasteiger partial charge on any atom is 0.251 e. The average Bonchev–Trinajstić information content (AvgIpc) is 3.14. The average molecular weight is 417 g/mol. The first-order valence-electron chi connectivity index (χ1n) is 10.1. The van der Waals surface area contributed by atoms with Crippen LogP contribution >= 0.6 is 0 Å². The fourth-order valence-corrected chi connectivity index (χ4v) is 3.84. The molecule has 4 rings (SSSR count). The maximum atomic E-state index is 14.1. The topological polar surface area (TPSA) is 67.0 Å². The van der Waals surface area contributed by atoms with Crippen LogP contribution < -0.4 is 10.1 Å². The molecule has 0 saturated carbocycles. The molecule has 0 unspecified atom stereocenters. The molecule has 0 aliphatic heterocycles. The molecular formula is C25H24FN3O2. The van der Waals surface area contributed by atoms with Gasteiger partial charge in [0.05, 0.1) is 12.6 Å². The first-order valence-corrected chi connectivity index (χ1v) is 10.1. The summed E-state index contributed by atoms with van der Waals surface area (Å²) in [6, 6.07) is 14.4. The second kappa shape index (κ2) is 8.60. The first kappa shape index (κ1) is 20.6. The molecular weight excluding hydrogens is 393 g/mol. The van der Waals surface area contributed by atoms with Crippen LogP contribution in [0.5, 0.6) is 5.88 Å². The minimum absolute atomic E-state index is 0.139. The van der Waals surface area contributed by atoms with Crippen LogP contribution in [0.3, 0.4) is 0 Å². The Bertz CT molecular complexity index is 1230. The van der Waals surface area contributed by atoms with Crippen molar-refractivity contribution < 1.29 is 13.9 Å². The van der Waals surface area contributed by atoms with Crippen LogP contribution in [0.2, 0.25) is 0 Å². The molecule has 0 fully saturated rings. The number of halogens is 1. The van der Waals surface area contributed by atoms with Crippen molar-refractivity contribution in [3.05, 3.63) is 82.9 Å². The number of carbonyl (C=O) groups is 1. The molecule has 0 atom stereocenters. The van der Waals surface area contributed by atoms with E-state index in [1.54, 1.807) is 37.6 Å². The Kier molecular flexibility index (Phi) is 5.71. The van der Waals surface area contributed by atoms with Crippen molar-refractivity contribution >= 4 is 16.8 Å². The van der Waals surface area contributed by atoms with E-state index in [0.29, 0.717) is 29.9 Å². The van der Waals surface area contributed by atoms with E-state index in [9.17, 15) is 9.18 Å². The minimum Gasteiger partial charge on any atom is -0.481 e. The third kappa shape index (κ3) is 4.14. The van der Waals surface area contributed by atoms with E-state index in [1.165, 1.54) is 6.07 Å². The number of fused-ring (bicyclic) bond motifs is 1. The van der Waals surface area contributed by atoms with E-state index in [-0.39, 0.29) is 11.7 Å². The number of hydrogen-bond donors (Lipinski definition) is 2. The van der Waals surface area contributed by atoms with E-state index in [1.807, 2.05) is 32.0 Å². The molecule has 2 heterocycles. The Hall–Kier alpha value is -3.67. The molecule has 4 aromatic rings. The van der Waals surface area contributed by atoms with Crippen LogP contribution in [-0.4, -0.2) is 29.5 Å². The van der Waals surface area contributed by atoms with E-state index < -0.39 is 0 Å². The molecule has 5 nitrogen and oxygen atoms in total. The summed E-state index contributed by atoms with van der Waals surface area (Å²) in [5.41, 5.74) is 6.02. The van der Waals surface area contributed by atoms with Gasteiger partial charge in [0.15, 0.2) is 0 Å². The van der Waals surface area contributed by atoms with Gasteiger partial charge in [-0.05, 0) is 61.2 Å². The normalized spacial score (nSPS) is 11.0. The summed E-state index contributed by atoms with van der Waals surface area (Å²) in [4.78, 5) is 19.9. The summed E-state index contributed by atoms with van der Waals surface area (Å²) in [7, 11) is 1.58. The lowest BCUT2D eigenvalue weighted by molar-refractivity contribution is 0.0954. The number of H-pyrrole nitrogens is 1. The number of aryl methyl sites for hydroxylation is 2. The van der Waals surface area contributed by atoms with E-state index in [2.05, 4.69) is 15.3 Å². The number of hydrogen-bond acceptors (Lipinski definition) is 3. The van der Waals surface area contributed by atoms with Crippen LogP contribution in [0.4, 0.5) is 4.39 Å². The highest BCUT2D eigenvalue weighted by atomic mass is 19.1. The number of ether oxygens (including phenoxy) is 1. The van der Waals surface area contributed by atoms with Crippen molar-refractivity contribution in [1.82, 2.24) is 15.3 Å². The van der Waals surface area contributed by atoms with Gasteiger partial charge in [-0.1, -0.05) is 18.2 Å². The van der Waals surface area contributed by atoms with Crippen LogP contribution in [0.25, 0.3) is 22.0 Å². The van der Waals surface area contributed by atoms with Crippen LogP contribution in [0.1, 0.15) is 27.2 Å². The quantitative estimate of drug-likeness (QED) is 0.466. The zero-order chi connectivity index (χ0) is 22.0. The van der Waals surface area contributed by atoms with Gasteiger partial charge < -0.3 is 15.0 Å². The van der Waals surface area contributed by atoms with E-state index >= 15 is 0 Å². The lowest BCUT2D eigenvalue weighted by Crippen LogP contribution is -2.25. The van der Waals surface area contributed by atoms with Crippen LogP contribution in [0, 0.1) is 19.7 Å². The molecule has 0 spiro atoms. The highest BCUT2D eigenvalue weighted by Crippen LogP contribution is 2.28. The first-order chi connectivity index (χ1) is 15.0. The molecule has 0 aliphatic carbocycles. The number of amides is 1. The number of aromatic nitrogens is 2. The van der Waals surface area contributed by atoms with Crippen molar-refractivity contribution in [2.45, 2.75) is 20.3 Å². The summed E-state index contributed by atoms with van der Waals surface area (Å²) in [5, 5.41) is 3.87. The lowest BCUT2D eigenvalue weighted by Gasteiger charge is -2.08. The smallest absolute Gasteiger partial charge is 0.251 e.